The number of hydrogen-bond donors (Lipinski definition) is 1. The van der Waals surface area contributed by atoms with Gasteiger partial charge in [0.1, 0.15) is 0 Å². The van der Waals surface area contributed by atoms with E-state index in [1.165, 1.54) is 0 Å². The van der Waals surface area contributed by atoms with Crippen molar-refractivity contribution in [3.05, 3.63) is 53.3 Å². The molecule has 5 nitrogen and oxygen atoms in total. The molecule has 0 saturated carbocycles. The van der Waals surface area contributed by atoms with Crippen molar-refractivity contribution in [2.75, 3.05) is 14.2 Å². The van der Waals surface area contributed by atoms with Gasteiger partial charge in [-0.3, -0.25) is 9.89 Å². The number of amides is 1. The van der Waals surface area contributed by atoms with Gasteiger partial charge in [-0.15, -0.1) is 0 Å². The van der Waals surface area contributed by atoms with Crippen LogP contribution < -0.4 is 0 Å². The van der Waals surface area contributed by atoms with E-state index in [1.54, 1.807) is 19.1 Å². The molecule has 0 fully saturated rings. The Hall–Kier alpha value is -2.14. The smallest absolute Gasteiger partial charge is 0.256 e. The number of nitrogens with one attached hydrogen (secondary N) is 1. The monoisotopic (exact) mass is 315 g/mol. The summed E-state index contributed by atoms with van der Waals surface area (Å²) in [6.45, 7) is 6.79. The van der Waals surface area contributed by atoms with E-state index in [1.807, 2.05) is 36.4 Å². The first-order valence-corrected chi connectivity index (χ1v) is 7.70. The maximum atomic E-state index is 12.6. The second-order valence-corrected chi connectivity index (χ2v) is 6.75. The number of benzene rings is 1. The lowest BCUT2D eigenvalue weighted by atomic mass is 9.92. The van der Waals surface area contributed by atoms with Crippen LogP contribution in [-0.4, -0.2) is 35.2 Å². The summed E-state index contributed by atoms with van der Waals surface area (Å²) in [5.74, 6) is -0.0781. The summed E-state index contributed by atoms with van der Waals surface area (Å²) >= 11 is 0. The summed E-state index contributed by atoms with van der Waals surface area (Å²) in [5.41, 5.74) is 2.73. The quantitative estimate of drug-likeness (QED) is 0.922. The summed E-state index contributed by atoms with van der Waals surface area (Å²) < 4.78 is 5.40. The van der Waals surface area contributed by atoms with Crippen molar-refractivity contribution in [1.29, 1.82) is 0 Å². The molecule has 0 bridgehead atoms. The third-order valence-electron chi connectivity index (χ3n) is 3.75. The van der Waals surface area contributed by atoms with Crippen molar-refractivity contribution < 1.29 is 9.53 Å². The fourth-order valence-electron chi connectivity index (χ4n) is 2.37. The predicted octanol–water partition coefficient (Wildman–Crippen LogP) is 3.05. The van der Waals surface area contributed by atoms with Gasteiger partial charge in [0, 0.05) is 19.6 Å². The maximum absolute atomic E-state index is 12.6. The Morgan fingerprint density at radius 3 is 2.48 bits per heavy atom. The van der Waals surface area contributed by atoms with E-state index in [2.05, 4.69) is 31.0 Å². The summed E-state index contributed by atoms with van der Waals surface area (Å²) in [6, 6.07) is 11.5. The summed E-state index contributed by atoms with van der Waals surface area (Å²) in [7, 11) is 3.33. The minimum Gasteiger partial charge on any atom is -0.367 e. The Morgan fingerprint density at radius 2 is 1.96 bits per heavy atom. The van der Waals surface area contributed by atoms with Crippen molar-refractivity contribution in [1.82, 2.24) is 15.1 Å². The van der Waals surface area contributed by atoms with Gasteiger partial charge >= 0.3 is 0 Å². The van der Waals surface area contributed by atoms with E-state index in [4.69, 9.17) is 4.74 Å². The molecule has 1 aromatic heterocycles. The molecule has 2 rings (SSSR count). The summed E-state index contributed by atoms with van der Waals surface area (Å²) in [5, 5.41) is 7.34. The van der Waals surface area contributed by atoms with Gasteiger partial charge in [0.15, 0.2) is 6.10 Å². The first-order valence-electron chi connectivity index (χ1n) is 7.70. The number of aromatic amines is 1. The fourth-order valence-corrected chi connectivity index (χ4v) is 2.37. The van der Waals surface area contributed by atoms with Crippen molar-refractivity contribution in [3.63, 3.8) is 0 Å². The van der Waals surface area contributed by atoms with Crippen LogP contribution in [-0.2, 0) is 21.5 Å². The van der Waals surface area contributed by atoms with Gasteiger partial charge in [-0.25, -0.2) is 0 Å². The number of ether oxygens (including phenoxy) is 1. The molecule has 0 aliphatic rings. The molecular weight excluding hydrogens is 290 g/mol. The van der Waals surface area contributed by atoms with Crippen LogP contribution in [0.3, 0.4) is 0 Å². The highest BCUT2D eigenvalue weighted by atomic mass is 16.5. The van der Waals surface area contributed by atoms with Gasteiger partial charge in [-0.05, 0) is 11.6 Å². The number of hydrogen-bond acceptors (Lipinski definition) is 3. The molecule has 1 heterocycles. The molecule has 2 aromatic rings. The van der Waals surface area contributed by atoms with E-state index in [0.717, 1.165) is 17.0 Å². The third kappa shape index (κ3) is 4.20. The van der Waals surface area contributed by atoms with Gasteiger partial charge in [-0.1, -0.05) is 51.1 Å². The van der Waals surface area contributed by atoms with Crippen molar-refractivity contribution >= 4 is 5.91 Å². The molecule has 23 heavy (non-hydrogen) atoms. The van der Waals surface area contributed by atoms with Gasteiger partial charge in [0.2, 0.25) is 0 Å². The Morgan fingerprint density at radius 1 is 1.30 bits per heavy atom. The molecule has 124 valence electrons. The Bertz CT molecular complexity index is 644. The lowest BCUT2D eigenvalue weighted by Crippen LogP contribution is -2.32. The van der Waals surface area contributed by atoms with Gasteiger partial charge in [-0.2, -0.15) is 5.10 Å². The number of carbonyl (C=O) groups excluding carboxylic acids is 1. The second kappa shape index (κ2) is 6.96. The normalized spacial score (nSPS) is 12.9. The van der Waals surface area contributed by atoms with E-state index < -0.39 is 6.10 Å². The van der Waals surface area contributed by atoms with Crippen LogP contribution in [0.1, 0.15) is 43.8 Å². The Labute approximate surface area is 137 Å². The number of H-pyrrole nitrogens is 1. The summed E-state index contributed by atoms with van der Waals surface area (Å²) in [4.78, 5) is 14.3. The number of nitrogens with zero attached hydrogens (tertiary/aromatic N) is 2. The van der Waals surface area contributed by atoms with E-state index in [0.29, 0.717) is 6.54 Å². The number of rotatable bonds is 5. The van der Waals surface area contributed by atoms with Gasteiger partial charge < -0.3 is 9.64 Å². The molecule has 1 atom stereocenters. The second-order valence-electron chi connectivity index (χ2n) is 6.75. The number of aromatic nitrogens is 2. The highest BCUT2D eigenvalue weighted by Crippen LogP contribution is 2.22. The number of carbonyl (C=O) groups is 1. The first-order chi connectivity index (χ1) is 10.8. The van der Waals surface area contributed by atoms with Crippen LogP contribution in [0.25, 0.3) is 0 Å². The lowest BCUT2D eigenvalue weighted by Gasteiger charge is -2.22. The van der Waals surface area contributed by atoms with Crippen molar-refractivity contribution in [2.45, 2.75) is 38.8 Å². The van der Waals surface area contributed by atoms with Crippen LogP contribution in [0.2, 0.25) is 0 Å². The number of methoxy groups -OCH3 is 1. The van der Waals surface area contributed by atoms with Crippen LogP contribution >= 0.6 is 0 Å². The average Bonchev–Trinajstić information content (AvgIpc) is 2.97. The van der Waals surface area contributed by atoms with Crippen molar-refractivity contribution in [2.24, 2.45) is 0 Å². The van der Waals surface area contributed by atoms with Crippen LogP contribution in [0.4, 0.5) is 0 Å². The molecule has 1 aromatic carbocycles. The van der Waals surface area contributed by atoms with E-state index in [9.17, 15) is 4.79 Å². The first kappa shape index (κ1) is 17.2. The third-order valence-corrected chi connectivity index (χ3v) is 3.75. The minimum absolute atomic E-state index is 0.0174. The minimum atomic E-state index is -0.591. The molecule has 0 spiro atoms. The SMILES string of the molecule is CO[C@@H](C(=O)N(C)Cc1cc(C(C)(C)C)n[nH]1)c1ccccc1. The zero-order chi connectivity index (χ0) is 17.0. The molecule has 0 saturated heterocycles. The average molecular weight is 315 g/mol. The zero-order valence-corrected chi connectivity index (χ0v) is 14.5. The molecule has 1 N–H and O–H groups in total. The van der Waals surface area contributed by atoms with Gasteiger partial charge in [0.05, 0.1) is 17.9 Å². The lowest BCUT2D eigenvalue weighted by molar-refractivity contribution is -0.141. The summed E-state index contributed by atoms with van der Waals surface area (Å²) in [6.07, 6.45) is -0.591. The van der Waals surface area contributed by atoms with Crippen molar-refractivity contribution in [3.8, 4) is 0 Å². The molecule has 0 unspecified atom stereocenters. The predicted molar refractivity (Wildman–Crippen MR) is 90.0 cm³/mol. The molecule has 0 aliphatic carbocycles. The molecule has 0 aliphatic heterocycles. The highest BCUT2D eigenvalue weighted by molar-refractivity contribution is 5.82. The largest absolute Gasteiger partial charge is 0.367 e. The molecule has 1 amide bonds. The fraction of sp³-hybridized carbons (Fsp3) is 0.444. The van der Waals surface area contributed by atoms with Crippen LogP contribution in [0.5, 0.6) is 0 Å². The molecule has 0 radical (unpaired) electrons. The van der Waals surface area contributed by atoms with Crippen LogP contribution in [0.15, 0.2) is 36.4 Å². The van der Waals surface area contributed by atoms with Crippen LogP contribution in [0, 0.1) is 0 Å². The maximum Gasteiger partial charge on any atom is 0.256 e. The Balaban J connectivity index is 2.09. The van der Waals surface area contributed by atoms with E-state index in [-0.39, 0.29) is 11.3 Å². The van der Waals surface area contributed by atoms with E-state index >= 15 is 0 Å². The topological polar surface area (TPSA) is 58.2 Å². The van der Waals surface area contributed by atoms with Gasteiger partial charge in [0.25, 0.3) is 5.91 Å². The molecule has 5 heteroatoms. The molecular formula is C18H25N3O2. The zero-order valence-electron chi connectivity index (χ0n) is 14.5. The Kier molecular flexibility index (Phi) is 5.21. The number of likely N-dealkylation sites (N-methyl/N-ethyl adjacent to an activating group) is 1. The standard InChI is InChI=1S/C18H25N3O2/c1-18(2,3)15-11-14(19-20-15)12-21(4)17(22)16(23-5)13-9-7-6-8-10-13/h6-11,16H,12H2,1-5H3,(H,19,20)/t16-/m1/s1. The highest BCUT2D eigenvalue weighted by Gasteiger charge is 2.24.